The number of hydrogen-bond donors (Lipinski definition) is 1. The maximum absolute atomic E-state index is 12.3. The van der Waals surface area contributed by atoms with Crippen LogP contribution in [0, 0.1) is 0 Å². The standard InChI is InChI=1S/C20H22BrF2NO3/c1-26-18-12-15(8-11-17(18)27-20(22)23)13-24-19(25)5-3-2-4-14-6-9-16(21)10-7-14/h6-12,20H,2-5,13H2,1H3,(H,24,25). The van der Waals surface area contributed by atoms with Gasteiger partial charge in [0.2, 0.25) is 5.91 Å². The number of methoxy groups -OCH3 is 1. The topological polar surface area (TPSA) is 47.6 Å². The molecule has 0 saturated heterocycles. The summed E-state index contributed by atoms with van der Waals surface area (Å²) < 4.78 is 35.1. The second-order valence-electron chi connectivity index (χ2n) is 5.97. The van der Waals surface area contributed by atoms with Gasteiger partial charge in [0.05, 0.1) is 7.11 Å². The number of hydrogen-bond acceptors (Lipinski definition) is 3. The van der Waals surface area contributed by atoms with Crippen molar-refractivity contribution >= 4 is 21.8 Å². The normalized spacial score (nSPS) is 10.7. The van der Waals surface area contributed by atoms with Crippen LogP contribution >= 0.6 is 15.9 Å². The highest BCUT2D eigenvalue weighted by molar-refractivity contribution is 9.10. The molecule has 146 valence electrons. The highest BCUT2D eigenvalue weighted by Gasteiger charge is 2.11. The second kappa shape index (κ2) is 10.9. The van der Waals surface area contributed by atoms with E-state index in [4.69, 9.17) is 4.74 Å². The fraction of sp³-hybridized carbons (Fsp3) is 0.350. The molecule has 0 unspecified atom stereocenters. The zero-order valence-corrected chi connectivity index (χ0v) is 16.6. The van der Waals surface area contributed by atoms with Gasteiger partial charge in [0.15, 0.2) is 11.5 Å². The van der Waals surface area contributed by atoms with Crippen molar-refractivity contribution in [2.45, 2.75) is 38.8 Å². The number of benzene rings is 2. The lowest BCUT2D eigenvalue weighted by Gasteiger charge is -2.12. The number of carbonyl (C=O) groups excluding carboxylic acids is 1. The van der Waals surface area contributed by atoms with Crippen LogP contribution in [0.3, 0.4) is 0 Å². The van der Waals surface area contributed by atoms with Crippen LogP contribution in [0.1, 0.15) is 30.4 Å². The highest BCUT2D eigenvalue weighted by Crippen LogP contribution is 2.29. The summed E-state index contributed by atoms with van der Waals surface area (Å²) in [7, 11) is 1.38. The van der Waals surface area contributed by atoms with Crippen molar-refractivity contribution in [3.05, 3.63) is 58.1 Å². The van der Waals surface area contributed by atoms with Crippen molar-refractivity contribution in [1.82, 2.24) is 5.32 Å². The summed E-state index contributed by atoms with van der Waals surface area (Å²) in [4.78, 5) is 12.0. The molecular formula is C20H22BrF2NO3. The van der Waals surface area contributed by atoms with Crippen LogP contribution < -0.4 is 14.8 Å². The van der Waals surface area contributed by atoms with E-state index in [-0.39, 0.29) is 17.4 Å². The lowest BCUT2D eigenvalue weighted by Crippen LogP contribution is -2.22. The van der Waals surface area contributed by atoms with Gasteiger partial charge in [-0.25, -0.2) is 0 Å². The smallest absolute Gasteiger partial charge is 0.387 e. The minimum atomic E-state index is -2.91. The predicted octanol–water partition coefficient (Wildman–Crippen LogP) is 5.09. The Morgan fingerprint density at radius 3 is 2.44 bits per heavy atom. The molecule has 0 aliphatic rings. The Kier molecular flexibility index (Phi) is 8.51. The number of amides is 1. The zero-order chi connectivity index (χ0) is 19.6. The molecule has 0 bridgehead atoms. The van der Waals surface area contributed by atoms with E-state index in [1.54, 1.807) is 12.1 Å². The van der Waals surface area contributed by atoms with Crippen LogP contribution in [0.4, 0.5) is 8.78 Å². The van der Waals surface area contributed by atoms with Gasteiger partial charge >= 0.3 is 6.61 Å². The number of unbranched alkanes of at least 4 members (excludes halogenated alkanes) is 1. The van der Waals surface area contributed by atoms with Crippen LogP contribution in [0.15, 0.2) is 46.9 Å². The minimum absolute atomic E-state index is 0.0319. The van der Waals surface area contributed by atoms with Crippen LogP contribution in [-0.4, -0.2) is 19.6 Å². The maximum Gasteiger partial charge on any atom is 0.387 e. The molecule has 0 aliphatic carbocycles. The van der Waals surface area contributed by atoms with E-state index in [0.717, 1.165) is 29.3 Å². The molecule has 0 saturated carbocycles. The fourth-order valence-electron chi connectivity index (χ4n) is 2.57. The van der Waals surface area contributed by atoms with Gasteiger partial charge in [0.1, 0.15) is 0 Å². The zero-order valence-electron chi connectivity index (χ0n) is 15.0. The summed E-state index contributed by atoms with van der Waals surface area (Å²) in [6.45, 7) is -2.61. The fourth-order valence-corrected chi connectivity index (χ4v) is 2.83. The molecule has 0 radical (unpaired) electrons. The predicted molar refractivity (Wildman–Crippen MR) is 103 cm³/mol. The first-order valence-corrected chi connectivity index (χ1v) is 9.40. The monoisotopic (exact) mass is 441 g/mol. The Labute approximate surface area is 166 Å². The van der Waals surface area contributed by atoms with Gasteiger partial charge in [-0.3, -0.25) is 4.79 Å². The molecule has 2 rings (SSSR count). The molecule has 0 heterocycles. The van der Waals surface area contributed by atoms with E-state index in [1.165, 1.54) is 18.7 Å². The number of carbonyl (C=O) groups is 1. The third kappa shape index (κ3) is 7.54. The molecule has 1 amide bonds. The lowest BCUT2D eigenvalue weighted by atomic mass is 10.1. The van der Waals surface area contributed by atoms with E-state index in [9.17, 15) is 13.6 Å². The number of ether oxygens (including phenoxy) is 2. The van der Waals surface area contributed by atoms with Crippen LogP contribution in [0.2, 0.25) is 0 Å². The number of halogens is 3. The van der Waals surface area contributed by atoms with Crippen LogP contribution in [0.25, 0.3) is 0 Å². The molecule has 0 spiro atoms. The summed E-state index contributed by atoms with van der Waals surface area (Å²) in [6.07, 6.45) is 3.11. The van der Waals surface area contributed by atoms with Crippen molar-refractivity contribution in [2.75, 3.05) is 7.11 Å². The molecule has 7 heteroatoms. The molecule has 2 aromatic rings. The van der Waals surface area contributed by atoms with Crippen molar-refractivity contribution in [3.8, 4) is 11.5 Å². The third-order valence-corrected chi connectivity index (χ3v) is 4.49. The Balaban J connectivity index is 1.72. The summed E-state index contributed by atoms with van der Waals surface area (Å²) in [5, 5.41) is 2.83. The quantitative estimate of drug-likeness (QED) is 0.522. The van der Waals surface area contributed by atoms with Crippen molar-refractivity contribution in [1.29, 1.82) is 0 Å². The molecule has 4 nitrogen and oxygen atoms in total. The van der Waals surface area contributed by atoms with Gasteiger partial charge in [-0.05, 0) is 54.7 Å². The van der Waals surface area contributed by atoms with E-state index >= 15 is 0 Å². The maximum atomic E-state index is 12.3. The molecule has 0 aromatic heterocycles. The van der Waals surface area contributed by atoms with Crippen LogP contribution in [0.5, 0.6) is 11.5 Å². The van der Waals surface area contributed by atoms with Crippen LogP contribution in [-0.2, 0) is 17.8 Å². The first-order chi connectivity index (χ1) is 13.0. The molecule has 0 aliphatic heterocycles. The third-order valence-electron chi connectivity index (χ3n) is 3.97. The number of alkyl halides is 2. The Hall–Kier alpha value is -2.15. The van der Waals surface area contributed by atoms with Gasteiger partial charge in [-0.15, -0.1) is 0 Å². The highest BCUT2D eigenvalue weighted by atomic mass is 79.9. The molecule has 1 N–H and O–H groups in total. The Bertz CT molecular complexity index is 739. The minimum Gasteiger partial charge on any atom is -0.493 e. The molecular weight excluding hydrogens is 420 g/mol. The molecule has 2 aromatic carbocycles. The van der Waals surface area contributed by atoms with Gasteiger partial charge in [-0.2, -0.15) is 8.78 Å². The second-order valence-corrected chi connectivity index (χ2v) is 6.89. The molecule has 0 fully saturated rings. The van der Waals surface area contributed by atoms with E-state index in [1.807, 2.05) is 12.1 Å². The summed E-state index contributed by atoms with van der Waals surface area (Å²) in [6, 6.07) is 12.8. The SMILES string of the molecule is COc1cc(CNC(=O)CCCCc2ccc(Br)cc2)ccc1OC(F)F. The average Bonchev–Trinajstić information content (AvgIpc) is 2.65. The Morgan fingerprint density at radius 1 is 1.07 bits per heavy atom. The van der Waals surface area contributed by atoms with Crippen molar-refractivity contribution in [2.24, 2.45) is 0 Å². The van der Waals surface area contributed by atoms with Gasteiger partial charge in [0.25, 0.3) is 0 Å². The van der Waals surface area contributed by atoms with E-state index in [2.05, 4.69) is 38.1 Å². The first kappa shape index (κ1) is 21.2. The van der Waals surface area contributed by atoms with Gasteiger partial charge < -0.3 is 14.8 Å². The van der Waals surface area contributed by atoms with E-state index < -0.39 is 6.61 Å². The van der Waals surface area contributed by atoms with Gasteiger partial charge in [-0.1, -0.05) is 34.1 Å². The number of nitrogens with one attached hydrogen (secondary N) is 1. The number of rotatable bonds is 10. The van der Waals surface area contributed by atoms with Crippen molar-refractivity contribution < 1.29 is 23.0 Å². The number of aryl methyl sites for hydroxylation is 1. The lowest BCUT2D eigenvalue weighted by molar-refractivity contribution is -0.121. The van der Waals surface area contributed by atoms with Crippen molar-refractivity contribution in [3.63, 3.8) is 0 Å². The summed E-state index contributed by atoms with van der Waals surface area (Å²) >= 11 is 3.41. The molecule has 0 atom stereocenters. The Morgan fingerprint density at radius 2 is 1.78 bits per heavy atom. The summed E-state index contributed by atoms with van der Waals surface area (Å²) in [5.74, 6) is 0.129. The van der Waals surface area contributed by atoms with E-state index in [0.29, 0.717) is 13.0 Å². The molecule has 27 heavy (non-hydrogen) atoms. The first-order valence-electron chi connectivity index (χ1n) is 8.61. The average molecular weight is 442 g/mol. The summed E-state index contributed by atoms with van der Waals surface area (Å²) in [5.41, 5.74) is 1.99. The largest absolute Gasteiger partial charge is 0.493 e. The van der Waals surface area contributed by atoms with Gasteiger partial charge in [0, 0.05) is 17.4 Å².